The number of benzene rings is 1. The average Bonchev–Trinajstić information content (AvgIpc) is 3.03. The van der Waals surface area contributed by atoms with Crippen LogP contribution in [0.25, 0.3) is 10.9 Å². The van der Waals surface area contributed by atoms with Gasteiger partial charge in [-0.1, -0.05) is 15.9 Å². The zero-order valence-corrected chi connectivity index (χ0v) is 17.5. The van der Waals surface area contributed by atoms with Crippen LogP contribution in [0.4, 0.5) is 0 Å². The van der Waals surface area contributed by atoms with Gasteiger partial charge in [0.2, 0.25) is 0 Å². The Hall–Kier alpha value is -2.41. The highest BCUT2D eigenvalue weighted by Crippen LogP contribution is 2.33. The van der Waals surface area contributed by atoms with Crippen molar-refractivity contribution in [2.75, 3.05) is 32.7 Å². The molecule has 0 spiro atoms. The number of halogens is 1. The molecule has 0 unspecified atom stereocenters. The molecule has 1 aliphatic heterocycles. The lowest BCUT2D eigenvalue weighted by atomic mass is 10.0. The molecule has 9 heteroatoms. The highest BCUT2D eigenvalue weighted by molar-refractivity contribution is 9.10. The van der Waals surface area contributed by atoms with Gasteiger partial charge in [0.05, 0.1) is 12.5 Å². The van der Waals surface area contributed by atoms with E-state index in [4.69, 9.17) is 10.4 Å². The van der Waals surface area contributed by atoms with Crippen molar-refractivity contribution in [2.45, 2.75) is 25.4 Å². The number of fused-ring (bicyclic) bond motifs is 1. The third kappa shape index (κ3) is 4.96. The minimum Gasteiger partial charge on any atom is -0.481 e. The summed E-state index contributed by atoms with van der Waals surface area (Å²) >= 11 is 3.45. The van der Waals surface area contributed by atoms with Crippen molar-refractivity contribution in [3.63, 3.8) is 0 Å². The van der Waals surface area contributed by atoms with Gasteiger partial charge in [-0.05, 0) is 18.2 Å². The quantitative estimate of drug-likeness (QED) is 0.619. The number of carbonyl (C=O) groups is 2. The number of hydrogen-bond donors (Lipinski definition) is 2. The number of nitrogens with zero attached hydrogens (tertiary/aromatic N) is 4. The lowest BCUT2D eigenvalue weighted by Gasteiger charge is -2.37. The summed E-state index contributed by atoms with van der Waals surface area (Å²) < 4.78 is 2.66. The van der Waals surface area contributed by atoms with E-state index in [0.717, 1.165) is 15.4 Å². The van der Waals surface area contributed by atoms with Crippen LogP contribution >= 0.6 is 15.9 Å². The number of aliphatic carboxylic acids is 2. The number of hydrogen-bond acceptors (Lipinski definition) is 5. The molecular weight excluding hydrogens is 440 g/mol. The second-order valence-corrected chi connectivity index (χ2v) is 8.03. The molecule has 0 amide bonds. The van der Waals surface area contributed by atoms with E-state index in [2.05, 4.69) is 26.9 Å². The summed E-state index contributed by atoms with van der Waals surface area (Å²) in [6.45, 7) is 3.60. The number of carboxylic acid groups (broad SMARTS) is 2. The molecule has 0 saturated carbocycles. The van der Waals surface area contributed by atoms with Gasteiger partial charge in [0.15, 0.2) is 0 Å². The first kappa shape index (κ1) is 21.3. The molecule has 3 rings (SSSR count). The monoisotopic (exact) mass is 462 g/mol. The fourth-order valence-corrected chi connectivity index (χ4v) is 4.22. The summed E-state index contributed by atoms with van der Waals surface area (Å²) in [5.74, 6) is -1.82. The first-order valence-corrected chi connectivity index (χ1v) is 10.3. The Morgan fingerprint density at radius 2 is 1.90 bits per heavy atom. The van der Waals surface area contributed by atoms with Gasteiger partial charge in [-0.25, -0.2) is 0 Å². The summed E-state index contributed by atoms with van der Waals surface area (Å²) in [5.41, 5.74) is 1.49. The largest absolute Gasteiger partial charge is 0.481 e. The normalized spacial score (nSPS) is 16.6. The van der Waals surface area contributed by atoms with Gasteiger partial charge in [-0.15, -0.1) is 0 Å². The Labute approximate surface area is 177 Å². The molecule has 2 aromatic rings. The molecule has 29 heavy (non-hydrogen) atoms. The van der Waals surface area contributed by atoms with E-state index in [1.54, 1.807) is 6.20 Å². The van der Waals surface area contributed by atoms with Crippen LogP contribution in [0.1, 0.15) is 24.4 Å². The number of aryl methyl sites for hydroxylation is 1. The van der Waals surface area contributed by atoms with Crippen LogP contribution in [0.15, 0.2) is 28.9 Å². The molecule has 2 N–H and O–H groups in total. The number of nitriles is 1. The first-order chi connectivity index (χ1) is 13.9. The van der Waals surface area contributed by atoms with Crippen molar-refractivity contribution in [1.82, 2.24) is 14.4 Å². The van der Waals surface area contributed by atoms with E-state index in [0.29, 0.717) is 44.7 Å². The predicted molar refractivity (Wildman–Crippen MR) is 111 cm³/mol. The summed E-state index contributed by atoms with van der Waals surface area (Å²) in [7, 11) is 0. The molecule has 1 aromatic heterocycles. The zero-order chi connectivity index (χ0) is 21.0. The molecule has 0 radical (unpaired) electrons. The van der Waals surface area contributed by atoms with Gasteiger partial charge in [0.25, 0.3) is 0 Å². The highest BCUT2D eigenvalue weighted by Gasteiger charge is 2.32. The molecule has 8 nitrogen and oxygen atoms in total. The third-order valence-electron chi connectivity index (χ3n) is 5.28. The van der Waals surface area contributed by atoms with Crippen molar-refractivity contribution in [2.24, 2.45) is 0 Å². The van der Waals surface area contributed by atoms with Gasteiger partial charge >= 0.3 is 11.9 Å². The van der Waals surface area contributed by atoms with Crippen LogP contribution in [0.3, 0.4) is 0 Å². The molecule has 0 bridgehead atoms. The van der Waals surface area contributed by atoms with E-state index < -0.39 is 18.0 Å². The molecule has 2 heterocycles. The highest BCUT2D eigenvalue weighted by atomic mass is 79.9. The Morgan fingerprint density at radius 3 is 2.52 bits per heavy atom. The van der Waals surface area contributed by atoms with Gasteiger partial charge in [0.1, 0.15) is 6.04 Å². The number of carboxylic acids is 2. The van der Waals surface area contributed by atoms with Crippen molar-refractivity contribution >= 4 is 38.8 Å². The van der Waals surface area contributed by atoms with E-state index in [-0.39, 0.29) is 13.0 Å². The Bertz CT molecular complexity index is 944. The van der Waals surface area contributed by atoms with E-state index in [9.17, 15) is 14.7 Å². The molecule has 0 aliphatic carbocycles. The lowest BCUT2D eigenvalue weighted by molar-refractivity contribution is -0.144. The average molecular weight is 463 g/mol. The fourth-order valence-electron chi connectivity index (χ4n) is 3.86. The lowest BCUT2D eigenvalue weighted by Crippen LogP contribution is -2.49. The maximum absolute atomic E-state index is 12.2. The molecular formula is C20H23BrN4O4. The van der Waals surface area contributed by atoms with Gasteiger partial charge < -0.3 is 14.8 Å². The van der Waals surface area contributed by atoms with E-state index in [1.165, 1.54) is 0 Å². The second kappa shape index (κ2) is 9.39. The van der Waals surface area contributed by atoms with Crippen molar-refractivity contribution in [3.8, 4) is 6.07 Å². The van der Waals surface area contributed by atoms with Crippen molar-refractivity contribution in [3.05, 3.63) is 34.4 Å². The number of aromatic nitrogens is 1. The smallest absolute Gasteiger partial charge is 0.325 e. The second-order valence-electron chi connectivity index (χ2n) is 7.11. The van der Waals surface area contributed by atoms with Gasteiger partial charge in [0, 0.05) is 72.8 Å². The van der Waals surface area contributed by atoms with Crippen molar-refractivity contribution < 1.29 is 19.8 Å². The zero-order valence-electron chi connectivity index (χ0n) is 15.9. The Balaban J connectivity index is 1.91. The van der Waals surface area contributed by atoms with Gasteiger partial charge in [-0.3, -0.25) is 19.4 Å². The molecule has 154 valence electrons. The van der Waals surface area contributed by atoms with Gasteiger partial charge in [-0.2, -0.15) is 5.26 Å². The van der Waals surface area contributed by atoms with Crippen LogP contribution < -0.4 is 0 Å². The molecule has 1 aliphatic rings. The summed E-state index contributed by atoms with van der Waals surface area (Å²) in [6.07, 6.45) is 2.21. The summed E-state index contributed by atoms with van der Waals surface area (Å²) in [4.78, 5) is 27.4. The topological polar surface area (TPSA) is 110 Å². The van der Waals surface area contributed by atoms with Crippen LogP contribution in [-0.2, 0) is 16.1 Å². The van der Waals surface area contributed by atoms with Crippen molar-refractivity contribution in [1.29, 1.82) is 5.26 Å². The fraction of sp³-hybridized carbons (Fsp3) is 0.450. The predicted octanol–water partition coefficient (Wildman–Crippen LogP) is 2.54. The van der Waals surface area contributed by atoms with Crippen LogP contribution in [0.5, 0.6) is 0 Å². The molecule has 1 atom stereocenters. The van der Waals surface area contributed by atoms with Crippen LogP contribution in [0, 0.1) is 11.3 Å². The Kier molecular flexibility index (Phi) is 6.90. The van der Waals surface area contributed by atoms with E-state index in [1.807, 2.05) is 27.7 Å². The SMILES string of the molecule is N#CCCN1CCN([C@H](C(=O)O)c2cn(CCC(=O)O)c3ccc(Br)cc23)CC1. The van der Waals surface area contributed by atoms with E-state index >= 15 is 0 Å². The maximum atomic E-state index is 12.2. The minimum atomic E-state index is -0.923. The number of piperazine rings is 1. The third-order valence-corrected chi connectivity index (χ3v) is 5.77. The molecule has 1 saturated heterocycles. The Morgan fingerprint density at radius 1 is 1.17 bits per heavy atom. The maximum Gasteiger partial charge on any atom is 0.325 e. The summed E-state index contributed by atoms with van der Waals surface area (Å²) in [5, 5.41) is 28.6. The molecule has 1 aromatic carbocycles. The van der Waals surface area contributed by atoms with Crippen LogP contribution in [-0.4, -0.2) is 69.2 Å². The minimum absolute atomic E-state index is 0.0331. The van der Waals surface area contributed by atoms with Crippen LogP contribution in [0.2, 0.25) is 0 Å². The summed E-state index contributed by atoms with van der Waals surface area (Å²) in [6, 6.07) is 6.97. The number of rotatable bonds is 8. The molecule has 1 fully saturated rings. The first-order valence-electron chi connectivity index (χ1n) is 9.47. The standard InChI is InChI=1S/C20H23BrN4O4/c21-14-2-3-17-15(12-14)16(13-25(17)7-4-18(26)27)19(20(28)29)24-10-8-23(9-11-24)6-1-5-22/h2-3,12-13,19H,1,4,6-11H2,(H,26,27)(H,28,29)/t19-/m0/s1.